The lowest BCUT2D eigenvalue weighted by molar-refractivity contribution is -0.125. The van der Waals surface area contributed by atoms with Crippen LogP contribution in [0, 0.1) is 5.92 Å². The van der Waals surface area contributed by atoms with Crippen LogP contribution >= 0.6 is 11.3 Å². The number of benzene rings is 1. The fraction of sp³-hybridized carbons (Fsp3) is 0.444. The van der Waals surface area contributed by atoms with Crippen LogP contribution in [0.2, 0.25) is 0 Å². The molecule has 3 rings (SSSR count). The molecule has 5 heteroatoms. The molecule has 4 nitrogen and oxygen atoms in total. The molecule has 2 heterocycles. The normalized spacial score (nSPS) is 15.6. The van der Waals surface area contributed by atoms with Gasteiger partial charge in [0.05, 0.1) is 4.88 Å². The zero-order valence-electron chi connectivity index (χ0n) is 13.5. The van der Waals surface area contributed by atoms with E-state index in [1.165, 1.54) is 10.4 Å². The summed E-state index contributed by atoms with van der Waals surface area (Å²) in [6.07, 6.45) is 4.77. The standard InChI is InChI=1S/C18H23N3OS/c1-2-10-19-17(22)15-8-11-21(12-9-15)18-20-13-16(23-18)14-6-4-3-5-7-14/h3-7,13,15H,2,8-12H2,1H3,(H,19,22). The lowest BCUT2D eigenvalue weighted by atomic mass is 9.96. The minimum atomic E-state index is 0.159. The molecule has 122 valence electrons. The lowest BCUT2D eigenvalue weighted by Gasteiger charge is -2.31. The van der Waals surface area contributed by atoms with Crippen LogP contribution in [-0.2, 0) is 4.79 Å². The van der Waals surface area contributed by atoms with Crippen molar-refractivity contribution in [2.45, 2.75) is 26.2 Å². The summed E-state index contributed by atoms with van der Waals surface area (Å²) in [6.45, 7) is 4.68. The highest BCUT2D eigenvalue weighted by Gasteiger charge is 2.26. The summed E-state index contributed by atoms with van der Waals surface area (Å²) in [5, 5.41) is 4.08. The quantitative estimate of drug-likeness (QED) is 0.912. The molecular formula is C18H23N3OS. The van der Waals surface area contributed by atoms with E-state index in [9.17, 15) is 4.79 Å². The molecule has 1 aromatic heterocycles. The van der Waals surface area contributed by atoms with Crippen LogP contribution in [0.1, 0.15) is 26.2 Å². The van der Waals surface area contributed by atoms with Crippen LogP contribution in [0.25, 0.3) is 10.4 Å². The van der Waals surface area contributed by atoms with Crippen LogP contribution in [-0.4, -0.2) is 30.5 Å². The van der Waals surface area contributed by atoms with Crippen molar-refractivity contribution in [1.82, 2.24) is 10.3 Å². The van der Waals surface area contributed by atoms with Gasteiger partial charge in [-0.2, -0.15) is 0 Å². The van der Waals surface area contributed by atoms with Gasteiger partial charge in [0.15, 0.2) is 5.13 Å². The van der Waals surface area contributed by atoms with Crippen LogP contribution < -0.4 is 10.2 Å². The Bertz CT molecular complexity index is 633. The largest absolute Gasteiger partial charge is 0.356 e. The molecule has 1 fully saturated rings. The monoisotopic (exact) mass is 329 g/mol. The predicted octanol–water partition coefficient (Wildman–Crippen LogP) is 3.55. The fourth-order valence-electron chi connectivity index (χ4n) is 2.87. The van der Waals surface area contributed by atoms with Gasteiger partial charge < -0.3 is 10.2 Å². The van der Waals surface area contributed by atoms with E-state index in [0.29, 0.717) is 0 Å². The second-order valence-corrected chi connectivity index (χ2v) is 6.93. The van der Waals surface area contributed by atoms with Crippen LogP contribution in [0.5, 0.6) is 0 Å². The van der Waals surface area contributed by atoms with E-state index < -0.39 is 0 Å². The minimum Gasteiger partial charge on any atom is -0.356 e. The van der Waals surface area contributed by atoms with E-state index in [1.807, 2.05) is 12.3 Å². The van der Waals surface area contributed by atoms with E-state index in [1.54, 1.807) is 11.3 Å². The Kier molecular flexibility index (Phi) is 5.28. The number of anilines is 1. The van der Waals surface area contributed by atoms with Crippen molar-refractivity contribution in [3.05, 3.63) is 36.5 Å². The first-order chi connectivity index (χ1) is 11.3. The number of rotatable bonds is 5. The van der Waals surface area contributed by atoms with Gasteiger partial charge in [-0.3, -0.25) is 4.79 Å². The number of hydrogen-bond donors (Lipinski definition) is 1. The maximum atomic E-state index is 12.0. The molecule has 1 aromatic carbocycles. The third kappa shape index (κ3) is 3.91. The van der Waals surface area contributed by atoms with Crippen molar-refractivity contribution in [3.8, 4) is 10.4 Å². The van der Waals surface area contributed by atoms with Crippen molar-refractivity contribution >= 4 is 22.4 Å². The molecule has 0 atom stereocenters. The van der Waals surface area contributed by atoms with Gasteiger partial charge in [-0.1, -0.05) is 48.6 Å². The topological polar surface area (TPSA) is 45.2 Å². The predicted molar refractivity (Wildman–Crippen MR) is 95.8 cm³/mol. The Morgan fingerprint density at radius 1 is 1.30 bits per heavy atom. The highest BCUT2D eigenvalue weighted by molar-refractivity contribution is 7.18. The molecule has 1 aliphatic heterocycles. The van der Waals surface area contributed by atoms with E-state index >= 15 is 0 Å². The van der Waals surface area contributed by atoms with Gasteiger partial charge in [-0.25, -0.2) is 4.98 Å². The third-order valence-corrected chi connectivity index (χ3v) is 5.34. The van der Waals surface area contributed by atoms with Crippen molar-refractivity contribution < 1.29 is 4.79 Å². The minimum absolute atomic E-state index is 0.159. The number of nitrogens with zero attached hydrogens (tertiary/aromatic N) is 2. The maximum absolute atomic E-state index is 12.0. The number of thiazole rings is 1. The molecule has 0 aliphatic carbocycles. The van der Waals surface area contributed by atoms with Gasteiger partial charge in [0, 0.05) is 31.7 Å². The Labute approximate surface area is 141 Å². The molecule has 2 aromatic rings. The number of carbonyl (C=O) groups is 1. The maximum Gasteiger partial charge on any atom is 0.223 e. The zero-order chi connectivity index (χ0) is 16.1. The van der Waals surface area contributed by atoms with E-state index in [0.717, 1.165) is 44.0 Å². The number of piperidine rings is 1. The van der Waals surface area contributed by atoms with E-state index in [4.69, 9.17) is 0 Å². The molecular weight excluding hydrogens is 306 g/mol. The first-order valence-electron chi connectivity index (χ1n) is 8.32. The fourth-order valence-corrected chi connectivity index (χ4v) is 3.85. The molecule has 23 heavy (non-hydrogen) atoms. The second kappa shape index (κ2) is 7.59. The Morgan fingerprint density at radius 2 is 2.04 bits per heavy atom. The second-order valence-electron chi connectivity index (χ2n) is 5.93. The summed E-state index contributed by atoms with van der Waals surface area (Å²) < 4.78 is 0. The van der Waals surface area contributed by atoms with Crippen molar-refractivity contribution in [2.75, 3.05) is 24.5 Å². The first kappa shape index (κ1) is 16.0. The smallest absolute Gasteiger partial charge is 0.223 e. The average molecular weight is 329 g/mol. The number of amides is 1. The van der Waals surface area contributed by atoms with Crippen LogP contribution in [0.4, 0.5) is 5.13 Å². The molecule has 0 spiro atoms. The highest BCUT2D eigenvalue weighted by Crippen LogP contribution is 2.32. The van der Waals surface area contributed by atoms with Gasteiger partial charge in [0.25, 0.3) is 0 Å². The first-order valence-corrected chi connectivity index (χ1v) is 9.13. The summed E-state index contributed by atoms with van der Waals surface area (Å²) in [5.41, 5.74) is 1.21. The number of carbonyl (C=O) groups excluding carboxylic acids is 1. The van der Waals surface area contributed by atoms with Crippen molar-refractivity contribution in [1.29, 1.82) is 0 Å². The summed E-state index contributed by atoms with van der Waals surface area (Å²) in [7, 11) is 0. The van der Waals surface area contributed by atoms with Gasteiger partial charge >= 0.3 is 0 Å². The summed E-state index contributed by atoms with van der Waals surface area (Å²) in [4.78, 5) is 20.1. The molecule has 1 N–H and O–H groups in total. The SMILES string of the molecule is CCCNC(=O)C1CCN(c2ncc(-c3ccccc3)s2)CC1. The Balaban J connectivity index is 1.58. The van der Waals surface area contributed by atoms with E-state index in [2.05, 4.69) is 46.4 Å². The molecule has 0 unspecified atom stereocenters. The van der Waals surface area contributed by atoms with Crippen molar-refractivity contribution in [3.63, 3.8) is 0 Å². The van der Waals surface area contributed by atoms with Gasteiger partial charge in [0.2, 0.25) is 5.91 Å². The third-order valence-electron chi connectivity index (χ3n) is 4.24. The number of hydrogen-bond acceptors (Lipinski definition) is 4. The zero-order valence-corrected chi connectivity index (χ0v) is 14.3. The van der Waals surface area contributed by atoms with Gasteiger partial charge in [0.1, 0.15) is 0 Å². The average Bonchev–Trinajstić information content (AvgIpc) is 3.11. The number of aromatic nitrogens is 1. The summed E-state index contributed by atoms with van der Waals surface area (Å²) >= 11 is 1.73. The molecule has 1 aliphatic rings. The molecule has 1 amide bonds. The summed E-state index contributed by atoms with van der Waals surface area (Å²) in [5.74, 6) is 0.377. The van der Waals surface area contributed by atoms with E-state index in [-0.39, 0.29) is 11.8 Å². The Hall–Kier alpha value is -1.88. The van der Waals surface area contributed by atoms with Gasteiger partial charge in [-0.15, -0.1) is 0 Å². The summed E-state index contributed by atoms with van der Waals surface area (Å²) in [6, 6.07) is 10.4. The molecule has 0 bridgehead atoms. The van der Waals surface area contributed by atoms with Gasteiger partial charge in [-0.05, 0) is 24.8 Å². The highest BCUT2D eigenvalue weighted by atomic mass is 32.1. The Morgan fingerprint density at radius 3 is 2.74 bits per heavy atom. The lowest BCUT2D eigenvalue weighted by Crippen LogP contribution is -2.40. The number of nitrogens with one attached hydrogen (secondary N) is 1. The molecule has 0 saturated carbocycles. The molecule has 1 saturated heterocycles. The molecule has 0 radical (unpaired) electrons. The van der Waals surface area contributed by atoms with Crippen molar-refractivity contribution in [2.24, 2.45) is 5.92 Å². The van der Waals surface area contributed by atoms with Crippen LogP contribution in [0.15, 0.2) is 36.5 Å². The van der Waals surface area contributed by atoms with Crippen LogP contribution in [0.3, 0.4) is 0 Å².